The SMILES string of the molecule is COCC1(C(N)=S)CCCCO1. The van der Waals surface area contributed by atoms with E-state index in [0.29, 0.717) is 11.6 Å². The molecule has 1 aliphatic heterocycles. The lowest BCUT2D eigenvalue weighted by atomic mass is 9.95. The maximum Gasteiger partial charge on any atom is 0.141 e. The molecule has 1 rings (SSSR count). The van der Waals surface area contributed by atoms with Crippen LogP contribution in [-0.4, -0.2) is 30.9 Å². The molecular weight excluding hydrogens is 174 g/mol. The zero-order valence-corrected chi connectivity index (χ0v) is 8.15. The molecule has 1 aliphatic rings. The largest absolute Gasteiger partial charge is 0.391 e. The maximum absolute atomic E-state index is 5.61. The van der Waals surface area contributed by atoms with E-state index in [0.717, 1.165) is 25.9 Å². The van der Waals surface area contributed by atoms with Crippen molar-refractivity contribution in [1.29, 1.82) is 0 Å². The van der Waals surface area contributed by atoms with Crippen molar-refractivity contribution >= 4 is 17.2 Å². The molecule has 0 spiro atoms. The molecule has 0 aromatic carbocycles. The predicted molar refractivity (Wildman–Crippen MR) is 51.2 cm³/mol. The fraction of sp³-hybridized carbons (Fsp3) is 0.875. The highest BCUT2D eigenvalue weighted by atomic mass is 32.1. The summed E-state index contributed by atoms with van der Waals surface area (Å²) in [5.74, 6) is 0. The van der Waals surface area contributed by atoms with Crippen LogP contribution >= 0.6 is 12.2 Å². The quantitative estimate of drug-likeness (QED) is 0.669. The van der Waals surface area contributed by atoms with Gasteiger partial charge in [-0.05, 0) is 19.3 Å². The van der Waals surface area contributed by atoms with Crippen LogP contribution < -0.4 is 5.73 Å². The van der Waals surface area contributed by atoms with Crippen molar-refractivity contribution in [1.82, 2.24) is 0 Å². The van der Waals surface area contributed by atoms with E-state index in [1.807, 2.05) is 0 Å². The van der Waals surface area contributed by atoms with Crippen LogP contribution in [0.3, 0.4) is 0 Å². The van der Waals surface area contributed by atoms with Crippen LogP contribution in [0.2, 0.25) is 0 Å². The summed E-state index contributed by atoms with van der Waals surface area (Å²) in [7, 11) is 1.64. The minimum absolute atomic E-state index is 0.420. The second kappa shape index (κ2) is 4.16. The summed E-state index contributed by atoms with van der Waals surface area (Å²) in [6.45, 7) is 1.21. The monoisotopic (exact) mass is 189 g/mol. The summed E-state index contributed by atoms with van der Waals surface area (Å²) >= 11 is 4.97. The molecule has 1 saturated heterocycles. The first-order valence-electron chi connectivity index (χ1n) is 4.14. The Labute approximate surface area is 78.2 Å². The number of rotatable bonds is 3. The molecule has 4 heteroatoms. The maximum atomic E-state index is 5.61. The normalized spacial score (nSPS) is 30.1. The van der Waals surface area contributed by atoms with Crippen molar-refractivity contribution in [3.8, 4) is 0 Å². The van der Waals surface area contributed by atoms with Gasteiger partial charge in [-0.1, -0.05) is 12.2 Å². The lowest BCUT2D eigenvalue weighted by molar-refractivity contribution is -0.0688. The Morgan fingerprint density at radius 3 is 2.83 bits per heavy atom. The van der Waals surface area contributed by atoms with Gasteiger partial charge in [0.05, 0.1) is 6.61 Å². The summed E-state index contributed by atoms with van der Waals surface area (Å²) in [5.41, 5.74) is 5.13. The summed E-state index contributed by atoms with van der Waals surface area (Å²) in [4.78, 5) is 0.420. The van der Waals surface area contributed by atoms with Gasteiger partial charge < -0.3 is 15.2 Å². The number of thiocarbonyl (C=S) groups is 1. The number of hydrogen-bond acceptors (Lipinski definition) is 3. The highest BCUT2D eigenvalue weighted by molar-refractivity contribution is 7.80. The zero-order valence-electron chi connectivity index (χ0n) is 7.34. The standard InChI is InChI=1S/C8H15NO2S/c1-10-6-8(7(9)12)4-2-3-5-11-8/h2-6H2,1H3,(H2,9,12). The molecular formula is C8H15NO2S. The highest BCUT2D eigenvalue weighted by Crippen LogP contribution is 2.25. The molecule has 1 heterocycles. The first kappa shape index (κ1) is 9.89. The fourth-order valence-corrected chi connectivity index (χ4v) is 1.68. The molecule has 1 unspecified atom stereocenters. The van der Waals surface area contributed by atoms with Crippen molar-refractivity contribution < 1.29 is 9.47 Å². The van der Waals surface area contributed by atoms with Crippen molar-refractivity contribution in [2.75, 3.05) is 20.3 Å². The molecule has 1 fully saturated rings. The Kier molecular flexibility index (Phi) is 3.43. The number of hydrogen-bond donors (Lipinski definition) is 1. The molecule has 0 amide bonds. The summed E-state index contributed by atoms with van der Waals surface area (Å²) in [6.07, 6.45) is 3.09. The second-order valence-corrected chi connectivity index (χ2v) is 3.54. The lowest BCUT2D eigenvalue weighted by Crippen LogP contribution is -2.50. The van der Waals surface area contributed by atoms with Crippen molar-refractivity contribution in [2.24, 2.45) is 5.73 Å². The first-order valence-corrected chi connectivity index (χ1v) is 4.55. The van der Waals surface area contributed by atoms with Crippen LogP contribution in [-0.2, 0) is 9.47 Å². The van der Waals surface area contributed by atoms with E-state index >= 15 is 0 Å². The van der Waals surface area contributed by atoms with E-state index < -0.39 is 5.60 Å². The Hall–Kier alpha value is -0.190. The van der Waals surface area contributed by atoms with Gasteiger partial charge in [0, 0.05) is 13.7 Å². The lowest BCUT2D eigenvalue weighted by Gasteiger charge is -2.35. The van der Waals surface area contributed by atoms with E-state index in [2.05, 4.69) is 0 Å². The van der Waals surface area contributed by atoms with Crippen molar-refractivity contribution in [2.45, 2.75) is 24.9 Å². The molecule has 0 saturated carbocycles. The molecule has 3 nitrogen and oxygen atoms in total. The van der Waals surface area contributed by atoms with Crippen molar-refractivity contribution in [3.63, 3.8) is 0 Å². The molecule has 0 aromatic heterocycles. The van der Waals surface area contributed by atoms with Crippen LogP contribution in [0.1, 0.15) is 19.3 Å². The van der Waals surface area contributed by atoms with Gasteiger partial charge in [-0.2, -0.15) is 0 Å². The summed E-state index contributed by atoms with van der Waals surface area (Å²) < 4.78 is 10.6. The van der Waals surface area contributed by atoms with Crippen LogP contribution in [0.15, 0.2) is 0 Å². The predicted octanol–water partition coefficient (Wildman–Crippen LogP) is 0.858. The van der Waals surface area contributed by atoms with Gasteiger partial charge >= 0.3 is 0 Å². The third-order valence-corrected chi connectivity index (χ3v) is 2.55. The number of nitrogens with two attached hydrogens (primary N) is 1. The zero-order chi connectivity index (χ0) is 9.03. The molecule has 0 radical (unpaired) electrons. The third kappa shape index (κ3) is 1.94. The molecule has 2 N–H and O–H groups in total. The molecule has 0 aromatic rings. The van der Waals surface area contributed by atoms with Crippen LogP contribution in [0.25, 0.3) is 0 Å². The van der Waals surface area contributed by atoms with Gasteiger partial charge in [0.2, 0.25) is 0 Å². The highest BCUT2D eigenvalue weighted by Gasteiger charge is 2.36. The van der Waals surface area contributed by atoms with E-state index in [-0.39, 0.29) is 0 Å². The average Bonchev–Trinajstić information content (AvgIpc) is 2.06. The molecule has 12 heavy (non-hydrogen) atoms. The van der Waals surface area contributed by atoms with Crippen LogP contribution in [0.5, 0.6) is 0 Å². The average molecular weight is 189 g/mol. The van der Waals surface area contributed by atoms with E-state index in [1.165, 1.54) is 0 Å². The smallest absolute Gasteiger partial charge is 0.141 e. The van der Waals surface area contributed by atoms with Gasteiger partial charge in [0.1, 0.15) is 10.6 Å². The van der Waals surface area contributed by atoms with Gasteiger partial charge in [0.15, 0.2) is 0 Å². The minimum atomic E-state index is -0.484. The Bertz CT molecular complexity index is 161. The first-order chi connectivity index (χ1) is 5.71. The molecule has 0 bridgehead atoms. The van der Waals surface area contributed by atoms with Gasteiger partial charge in [-0.25, -0.2) is 0 Å². The van der Waals surface area contributed by atoms with Gasteiger partial charge in [-0.3, -0.25) is 0 Å². The Morgan fingerprint density at radius 1 is 1.67 bits per heavy atom. The van der Waals surface area contributed by atoms with E-state index in [1.54, 1.807) is 7.11 Å². The fourth-order valence-electron chi connectivity index (χ4n) is 1.46. The summed E-state index contributed by atoms with van der Waals surface area (Å²) in [6, 6.07) is 0. The van der Waals surface area contributed by atoms with Gasteiger partial charge in [-0.15, -0.1) is 0 Å². The Morgan fingerprint density at radius 2 is 2.42 bits per heavy atom. The number of methoxy groups -OCH3 is 1. The molecule has 1 atom stereocenters. The van der Waals surface area contributed by atoms with Crippen LogP contribution in [0, 0.1) is 0 Å². The minimum Gasteiger partial charge on any atom is -0.391 e. The second-order valence-electron chi connectivity index (χ2n) is 3.10. The van der Waals surface area contributed by atoms with E-state index in [9.17, 15) is 0 Å². The molecule has 0 aliphatic carbocycles. The third-order valence-electron chi connectivity index (χ3n) is 2.18. The number of ether oxygens (including phenoxy) is 2. The van der Waals surface area contributed by atoms with E-state index in [4.69, 9.17) is 27.4 Å². The topological polar surface area (TPSA) is 44.5 Å². The van der Waals surface area contributed by atoms with Crippen molar-refractivity contribution in [3.05, 3.63) is 0 Å². The Balaban J connectivity index is 2.63. The molecule has 70 valence electrons. The summed E-state index contributed by atoms with van der Waals surface area (Å²) in [5, 5.41) is 0. The van der Waals surface area contributed by atoms with Gasteiger partial charge in [0.25, 0.3) is 0 Å². The van der Waals surface area contributed by atoms with Crippen LogP contribution in [0.4, 0.5) is 0 Å².